The van der Waals surface area contributed by atoms with Crippen molar-refractivity contribution in [1.29, 1.82) is 0 Å². The molecule has 63 heavy (non-hydrogen) atoms. The Morgan fingerprint density at radius 2 is 0.587 bits per heavy atom. The molecule has 0 aliphatic carbocycles. The second-order valence-corrected chi connectivity index (χ2v) is 16.4. The van der Waals surface area contributed by atoms with Gasteiger partial charge < -0.3 is 4.90 Å². The molecule has 1 nitrogen and oxygen atoms in total. The van der Waals surface area contributed by atoms with Gasteiger partial charge in [-0.15, -0.1) is 0 Å². The van der Waals surface area contributed by atoms with Crippen molar-refractivity contribution in [2.24, 2.45) is 0 Å². The molecular formula is C62H41N. The minimum atomic E-state index is 1.09. The van der Waals surface area contributed by atoms with Gasteiger partial charge in [0.05, 0.1) is 11.4 Å². The lowest BCUT2D eigenvalue weighted by atomic mass is 9.92. The fraction of sp³-hybridized carbons (Fsp3) is 0. The van der Waals surface area contributed by atoms with Crippen molar-refractivity contribution in [1.82, 2.24) is 0 Å². The molecule has 0 heterocycles. The van der Waals surface area contributed by atoms with E-state index in [2.05, 4.69) is 254 Å². The fourth-order valence-electron chi connectivity index (χ4n) is 9.81. The maximum atomic E-state index is 2.50. The van der Waals surface area contributed by atoms with Crippen molar-refractivity contribution in [2.75, 3.05) is 4.90 Å². The Morgan fingerprint density at radius 1 is 0.206 bits per heavy atom. The molecule has 0 unspecified atom stereocenters. The molecular weight excluding hydrogens is 759 g/mol. The van der Waals surface area contributed by atoms with E-state index in [0.29, 0.717) is 0 Å². The molecule has 12 aromatic carbocycles. The Bertz CT molecular complexity index is 3660. The molecule has 0 aromatic heterocycles. The van der Waals surface area contributed by atoms with Crippen LogP contribution in [-0.2, 0) is 0 Å². The van der Waals surface area contributed by atoms with Gasteiger partial charge in [0.15, 0.2) is 0 Å². The summed E-state index contributed by atoms with van der Waals surface area (Å²) in [5.74, 6) is 0. The lowest BCUT2D eigenvalue weighted by molar-refractivity contribution is 1.30. The molecule has 0 spiro atoms. The largest absolute Gasteiger partial charge is 0.309 e. The van der Waals surface area contributed by atoms with E-state index in [0.717, 1.165) is 28.2 Å². The summed E-state index contributed by atoms with van der Waals surface area (Å²) in [5.41, 5.74) is 12.9. The minimum absolute atomic E-state index is 1.09. The van der Waals surface area contributed by atoms with Crippen LogP contribution in [0.15, 0.2) is 249 Å². The molecule has 0 saturated carbocycles. The zero-order valence-corrected chi connectivity index (χ0v) is 34.6. The second-order valence-electron chi connectivity index (χ2n) is 16.4. The Kier molecular flexibility index (Phi) is 8.90. The highest BCUT2D eigenvalue weighted by atomic mass is 15.1. The van der Waals surface area contributed by atoms with E-state index < -0.39 is 0 Å². The van der Waals surface area contributed by atoms with E-state index in [1.807, 2.05) is 0 Å². The summed E-state index contributed by atoms with van der Waals surface area (Å²) < 4.78 is 0. The van der Waals surface area contributed by atoms with E-state index >= 15 is 0 Å². The van der Waals surface area contributed by atoms with Crippen molar-refractivity contribution >= 4 is 70.9 Å². The van der Waals surface area contributed by atoms with Crippen molar-refractivity contribution < 1.29 is 0 Å². The predicted octanol–water partition coefficient (Wildman–Crippen LogP) is 17.6. The van der Waals surface area contributed by atoms with Gasteiger partial charge in [-0.05, 0) is 112 Å². The predicted molar refractivity (Wildman–Crippen MR) is 270 cm³/mol. The summed E-state index contributed by atoms with van der Waals surface area (Å²) in [4.78, 5) is 2.50. The van der Waals surface area contributed by atoms with Crippen LogP contribution in [0.2, 0.25) is 0 Å². The molecule has 0 fully saturated rings. The number of benzene rings is 12. The average Bonchev–Trinajstić information content (AvgIpc) is 3.36. The van der Waals surface area contributed by atoms with Crippen LogP contribution in [0.4, 0.5) is 17.1 Å². The van der Waals surface area contributed by atoms with Crippen LogP contribution in [0.25, 0.3) is 98.4 Å². The molecule has 0 atom stereocenters. The van der Waals surface area contributed by atoms with Crippen molar-refractivity contribution in [2.45, 2.75) is 0 Å². The van der Waals surface area contributed by atoms with Gasteiger partial charge >= 0.3 is 0 Å². The summed E-state index contributed by atoms with van der Waals surface area (Å²) in [6.07, 6.45) is 0. The number of nitrogens with zero attached hydrogens (tertiary/aromatic N) is 1. The third-order valence-corrected chi connectivity index (χ3v) is 12.8. The Labute approximate surface area is 367 Å². The molecule has 1 heteroatoms. The van der Waals surface area contributed by atoms with Gasteiger partial charge in [-0.2, -0.15) is 0 Å². The number of rotatable bonds is 7. The SMILES string of the molecule is c1ccc2c(-c3ccc(-c4ccc(-c5cccc6ccccc56)cc4N(c4ccc(-c5cccc6ccccc56)cc4)c4cc5ccccc5c5ccccc45)cc3)cccc2c1. The quantitative estimate of drug-likeness (QED) is 0.145. The Hall–Kier alpha value is -8.26. The smallest absolute Gasteiger partial charge is 0.0546 e. The summed E-state index contributed by atoms with van der Waals surface area (Å²) in [6.45, 7) is 0. The van der Waals surface area contributed by atoms with Gasteiger partial charge in [0.1, 0.15) is 0 Å². The van der Waals surface area contributed by atoms with Crippen molar-refractivity contribution in [3.8, 4) is 44.5 Å². The van der Waals surface area contributed by atoms with Gasteiger partial charge in [-0.3, -0.25) is 0 Å². The molecule has 0 amide bonds. The molecule has 0 aliphatic rings. The molecule has 0 aliphatic heterocycles. The third kappa shape index (κ3) is 6.42. The fourth-order valence-corrected chi connectivity index (χ4v) is 9.81. The zero-order chi connectivity index (χ0) is 41.7. The van der Waals surface area contributed by atoms with Crippen LogP contribution in [0.1, 0.15) is 0 Å². The van der Waals surface area contributed by atoms with Crippen LogP contribution in [-0.4, -0.2) is 0 Å². The average molecular weight is 800 g/mol. The van der Waals surface area contributed by atoms with Gasteiger partial charge in [0.2, 0.25) is 0 Å². The molecule has 12 aromatic rings. The molecule has 12 rings (SSSR count). The number of fused-ring (bicyclic) bond motifs is 6. The monoisotopic (exact) mass is 799 g/mol. The first-order valence-electron chi connectivity index (χ1n) is 21.7. The highest BCUT2D eigenvalue weighted by Gasteiger charge is 2.22. The Morgan fingerprint density at radius 3 is 1.13 bits per heavy atom. The van der Waals surface area contributed by atoms with Gasteiger partial charge in [-0.1, -0.05) is 224 Å². The molecule has 0 N–H and O–H groups in total. The van der Waals surface area contributed by atoms with Gasteiger partial charge in [0, 0.05) is 16.6 Å². The lowest BCUT2D eigenvalue weighted by Gasteiger charge is -2.30. The first-order chi connectivity index (χ1) is 31.2. The Balaban J connectivity index is 1.11. The molecule has 294 valence electrons. The highest BCUT2D eigenvalue weighted by Crippen LogP contribution is 2.48. The maximum absolute atomic E-state index is 2.50. The molecule has 0 radical (unpaired) electrons. The van der Waals surface area contributed by atoms with E-state index in [9.17, 15) is 0 Å². The first-order valence-corrected chi connectivity index (χ1v) is 21.7. The number of hydrogen-bond donors (Lipinski definition) is 0. The van der Waals surface area contributed by atoms with E-state index in [1.165, 1.54) is 87.2 Å². The van der Waals surface area contributed by atoms with E-state index in [-0.39, 0.29) is 0 Å². The normalized spacial score (nSPS) is 11.5. The van der Waals surface area contributed by atoms with E-state index in [4.69, 9.17) is 0 Å². The van der Waals surface area contributed by atoms with Crippen LogP contribution >= 0.6 is 0 Å². The summed E-state index contributed by atoms with van der Waals surface area (Å²) >= 11 is 0. The van der Waals surface area contributed by atoms with Gasteiger partial charge in [0.25, 0.3) is 0 Å². The van der Waals surface area contributed by atoms with Crippen molar-refractivity contribution in [3.05, 3.63) is 249 Å². The first kappa shape index (κ1) is 36.6. The minimum Gasteiger partial charge on any atom is -0.309 e. The van der Waals surface area contributed by atoms with Crippen LogP contribution in [0.5, 0.6) is 0 Å². The lowest BCUT2D eigenvalue weighted by Crippen LogP contribution is -2.12. The topological polar surface area (TPSA) is 3.24 Å². The van der Waals surface area contributed by atoms with E-state index in [1.54, 1.807) is 0 Å². The zero-order valence-electron chi connectivity index (χ0n) is 34.6. The second kappa shape index (κ2) is 15.3. The van der Waals surface area contributed by atoms with Crippen molar-refractivity contribution in [3.63, 3.8) is 0 Å². The summed E-state index contributed by atoms with van der Waals surface area (Å²) in [5, 5.41) is 12.3. The molecule has 0 saturated heterocycles. The van der Waals surface area contributed by atoms with Crippen LogP contribution in [0.3, 0.4) is 0 Å². The number of anilines is 3. The van der Waals surface area contributed by atoms with Gasteiger partial charge in [-0.25, -0.2) is 0 Å². The standard InChI is InChI=1S/C62H41N/c1-5-21-51-42(14-1)18-11-27-54(51)45-30-32-47(33-31-45)58-39-36-49(56-29-13-20-44-16-3-7-23-53(44)56)41-61(58)63(62-40-48-17-4-8-24-57(48)59-25-9-10-26-60(59)62)50-37-34-46(35-38-50)55-28-12-19-43-15-2-6-22-52(43)55/h1-41H. The van der Waals surface area contributed by atoms with Crippen LogP contribution < -0.4 is 4.90 Å². The maximum Gasteiger partial charge on any atom is 0.0546 e. The highest BCUT2D eigenvalue weighted by molar-refractivity contribution is 6.15. The molecule has 0 bridgehead atoms. The van der Waals surface area contributed by atoms with Crippen LogP contribution in [0, 0.1) is 0 Å². The third-order valence-electron chi connectivity index (χ3n) is 12.8. The summed E-state index contributed by atoms with van der Waals surface area (Å²) in [6, 6.07) is 91.3. The summed E-state index contributed by atoms with van der Waals surface area (Å²) in [7, 11) is 0. The number of hydrogen-bond acceptors (Lipinski definition) is 1.